The molecule has 0 spiro atoms. The smallest absolute Gasteiger partial charge is 0.255 e. The molecule has 0 radical (unpaired) electrons. The Balaban J connectivity index is 1.83. The second-order valence-corrected chi connectivity index (χ2v) is 5.22. The molecule has 110 valence electrons. The molecule has 1 aromatic heterocycles. The molecule has 0 atom stereocenters. The molecular weight excluding hydrogens is 292 g/mol. The Morgan fingerprint density at radius 3 is 2.95 bits per heavy atom. The number of rotatable bonds is 2. The van der Waals surface area contributed by atoms with Gasteiger partial charge < -0.3 is 10.2 Å². The highest BCUT2D eigenvalue weighted by Gasteiger charge is 2.19. The van der Waals surface area contributed by atoms with Crippen LogP contribution in [0.2, 0.25) is 5.02 Å². The molecule has 0 unspecified atom stereocenters. The SMILES string of the molecule is O=C(c1ccc(-n2cnnn2)cc1Cl)N1CCCNCC1. The van der Waals surface area contributed by atoms with Gasteiger partial charge in [0.05, 0.1) is 16.3 Å². The molecule has 7 nitrogen and oxygen atoms in total. The van der Waals surface area contributed by atoms with Crippen molar-refractivity contribution < 1.29 is 4.79 Å². The lowest BCUT2D eigenvalue weighted by atomic mass is 10.1. The van der Waals surface area contributed by atoms with E-state index in [4.69, 9.17) is 11.6 Å². The lowest BCUT2D eigenvalue weighted by Gasteiger charge is -2.20. The number of halogens is 1. The second kappa shape index (κ2) is 6.19. The first-order valence-electron chi connectivity index (χ1n) is 6.78. The van der Waals surface area contributed by atoms with E-state index in [9.17, 15) is 4.79 Å². The summed E-state index contributed by atoms with van der Waals surface area (Å²) < 4.78 is 1.50. The van der Waals surface area contributed by atoms with Crippen molar-refractivity contribution in [2.24, 2.45) is 0 Å². The summed E-state index contributed by atoms with van der Waals surface area (Å²) in [4.78, 5) is 14.4. The third-order valence-electron chi connectivity index (χ3n) is 3.42. The molecule has 1 aliphatic rings. The van der Waals surface area contributed by atoms with Crippen molar-refractivity contribution >= 4 is 17.5 Å². The topological polar surface area (TPSA) is 75.9 Å². The zero-order valence-electron chi connectivity index (χ0n) is 11.4. The van der Waals surface area contributed by atoms with Gasteiger partial charge in [-0.15, -0.1) is 5.10 Å². The van der Waals surface area contributed by atoms with Crippen molar-refractivity contribution in [3.63, 3.8) is 0 Å². The molecule has 1 aliphatic heterocycles. The number of amides is 1. The molecule has 1 fully saturated rings. The summed E-state index contributed by atoms with van der Waals surface area (Å²) in [5, 5.41) is 14.6. The summed E-state index contributed by atoms with van der Waals surface area (Å²) in [6, 6.07) is 5.20. The number of tetrazole rings is 1. The number of aromatic nitrogens is 4. The lowest BCUT2D eigenvalue weighted by Crippen LogP contribution is -2.34. The molecule has 0 saturated carbocycles. The number of carbonyl (C=O) groups excluding carboxylic acids is 1. The number of nitrogens with one attached hydrogen (secondary N) is 1. The lowest BCUT2D eigenvalue weighted by molar-refractivity contribution is 0.0766. The first-order chi connectivity index (χ1) is 10.3. The van der Waals surface area contributed by atoms with Crippen molar-refractivity contribution in [2.45, 2.75) is 6.42 Å². The van der Waals surface area contributed by atoms with Gasteiger partial charge in [-0.05, 0) is 41.6 Å². The molecular formula is C13H15ClN6O. The summed E-state index contributed by atoms with van der Waals surface area (Å²) in [6.45, 7) is 3.20. The van der Waals surface area contributed by atoms with E-state index in [1.54, 1.807) is 18.2 Å². The monoisotopic (exact) mass is 306 g/mol. The Labute approximate surface area is 126 Å². The molecule has 0 bridgehead atoms. The highest BCUT2D eigenvalue weighted by molar-refractivity contribution is 6.34. The standard InChI is InChI=1S/C13H15ClN6O/c14-12-8-10(20-9-16-17-18-20)2-3-11(12)13(21)19-6-1-4-15-5-7-19/h2-3,8-9,15H,1,4-7H2. The Bertz CT molecular complexity index is 622. The predicted octanol–water partition coefficient (Wildman–Crippen LogP) is 0.751. The second-order valence-electron chi connectivity index (χ2n) is 4.81. The normalized spacial score (nSPS) is 15.8. The van der Waals surface area contributed by atoms with Gasteiger partial charge in [-0.2, -0.15) is 0 Å². The van der Waals surface area contributed by atoms with E-state index < -0.39 is 0 Å². The molecule has 1 N–H and O–H groups in total. The van der Waals surface area contributed by atoms with Crippen LogP contribution in [-0.4, -0.2) is 57.2 Å². The summed E-state index contributed by atoms with van der Waals surface area (Å²) in [5.74, 6) is -0.0352. The highest BCUT2D eigenvalue weighted by atomic mass is 35.5. The van der Waals surface area contributed by atoms with Crippen LogP contribution in [0.15, 0.2) is 24.5 Å². The fourth-order valence-electron chi connectivity index (χ4n) is 2.32. The third-order valence-corrected chi connectivity index (χ3v) is 3.74. The summed E-state index contributed by atoms with van der Waals surface area (Å²) >= 11 is 6.26. The first kappa shape index (κ1) is 14.0. The molecule has 2 aromatic rings. The van der Waals surface area contributed by atoms with E-state index in [2.05, 4.69) is 20.8 Å². The van der Waals surface area contributed by atoms with Gasteiger partial charge >= 0.3 is 0 Å². The van der Waals surface area contributed by atoms with Gasteiger partial charge in [-0.3, -0.25) is 4.79 Å². The van der Waals surface area contributed by atoms with Crippen LogP contribution in [0.3, 0.4) is 0 Å². The van der Waals surface area contributed by atoms with Gasteiger partial charge in [0.1, 0.15) is 6.33 Å². The third kappa shape index (κ3) is 3.03. The van der Waals surface area contributed by atoms with Crippen molar-refractivity contribution in [3.05, 3.63) is 35.1 Å². The van der Waals surface area contributed by atoms with Crippen LogP contribution in [0, 0.1) is 0 Å². The molecule has 21 heavy (non-hydrogen) atoms. The van der Waals surface area contributed by atoms with E-state index in [0.29, 0.717) is 17.1 Å². The van der Waals surface area contributed by atoms with Crippen LogP contribution in [0.4, 0.5) is 0 Å². The average Bonchev–Trinajstić information content (AvgIpc) is 2.89. The molecule has 1 amide bonds. The molecule has 3 rings (SSSR count). The van der Waals surface area contributed by atoms with Gasteiger partial charge in [0.15, 0.2) is 0 Å². The Kier molecular flexibility index (Phi) is 4.12. The number of carbonyl (C=O) groups is 1. The van der Waals surface area contributed by atoms with Crippen molar-refractivity contribution in [1.82, 2.24) is 30.4 Å². The van der Waals surface area contributed by atoms with Crippen LogP contribution in [0.5, 0.6) is 0 Å². The van der Waals surface area contributed by atoms with E-state index in [-0.39, 0.29) is 5.91 Å². The van der Waals surface area contributed by atoms with Crippen LogP contribution in [-0.2, 0) is 0 Å². The minimum atomic E-state index is -0.0352. The number of hydrogen-bond acceptors (Lipinski definition) is 5. The van der Waals surface area contributed by atoms with Crippen LogP contribution < -0.4 is 5.32 Å². The van der Waals surface area contributed by atoms with Gasteiger partial charge in [-0.1, -0.05) is 11.6 Å². The van der Waals surface area contributed by atoms with Crippen molar-refractivity contribution in [1.29, 1.82) is 0 Å². The molecule has 8 heteroatoms. The van der Waals surface area contributed by atoms with Crippen molar-refractivity contribution in [2.75, 3.05) is 26.2 Å². The largest absolute Gasteiger partial charge is 0.337 e. The van der Waals surface area contributed by atoms with E-state index in [0.717, 1.165) is 31.7 Å². The van der Waals surface area contributed by atoms with Crippen LogP contribution >= 0.6 is 11.6 Å². The number of hydrogen-bond donors (Lipinski definition) is 1. The van der Waals surface area contributed by atoms with E-state index >= 15 is 0 Å². The van der Waals surface area contributed by atoms with E-state index in [1.165, 1.54) is 11.0 Å². The quantitative estimate of drug-likeness (QED) is 0.886. The average molecular weight is 307 g/mol. The Morgan fingerprint density at radius 1 is 1.29 bits per heavy atom. The number of benzene rings is 1. The Morgan fingerprint density at radius 2 is 2.19 bits per heavy atom. The summed E-state index contributed by atoms with van der Waals surface area (Å²) in [7, 11) is 0. The van der Waals surface area contributed by atoms with E-state index in [1.807, 2.05) is 4.90 Å². The summed E-state index contributed by atoms with van der Waals surface area (Å²) in [6.07, 6.45) is 2.43. The predicted molar refractivity (Wildman–Crippen MR) is 77.6 cm³/mol. The zero-order valence-corrected chi connectivity index (χ0v) is 12.1. The zero-order chi connectivity index (χ0) is 14.7. The molecule has 1 aromatic carbocycles. The van der Waals surface area contributed by atoms with Crippen LogP contribution in [0.1, 0.15) is 16.8 Å². The molecule has 0 aliphatic carbocycles. The maximum atomic E-state index is 12.5. The maximum Gasteiger partial charge on any atom is 0.255 e. The minimum absolute atomic E-state index is 0.0352. The molecule has 1 saturated heterocycles. The van der Waals surface area contributed by atoms with Gasteiger partial charge in [0.25, 0.3) is 5.91 Å². The fraction of sp³-hybridized carbons (Fsp3) is 0.385. The highest BCUT2D eigenvalue weighted by Crippen LogP contribution is 2.21. The minimum Gasteiger partial charge on any atom is -0.337 e. The van der Waals surface area contributed by atoms with Gasteiger partial charge in [0.2, 0.25) is 0 Å². The van der Waals surface area contributed by atoms with Crippen molar-refractivity contribution in [3.8, 4) is 5.69 Å². The molecule has 2 heterocycles. The van der Waals surface area contributed by atoms with Crippen LogP contribution in [0.25, 0.3) is 5.69 Å². The maximum absolute atomic E-state index is 12.5. The van der Waals surface area contributed by atoms with Gasteiger partial charge in [-0.25, -0.2) is 4.68 Å². The van der Waals surface area contributed by atoms with Gasteiger partial charge in [0, 0.05) is 19.6 Å². The summed E-state index contributed by atoms with van der Waals surface area (Å²) in [5.41, 5.74) is 1.23. The first-order valence-corrected chi connectivity index (χ1v) is 7.16. The fourth-order valence-corrected chi connectivity index (χ4v) is 2.57. The number of nitrogens with zero attached hydrogens (tertiary/aromatic N) is 5. The Hall–Kier alpha value is -1.99.